The average molecular weight is 375 g/mol. The Morgan fingerprint density at radius 2 is 1.81 bits per heavy atom. The number of nitrogens with zero attached hydrogens (tertiary/aromatic N) is 2. The van der Waals surface area contributed by atoms with Gasteiger partial charge in [-0.05, 0) is 32.4 Å². The largest absolute Gasteiger partial charge is 0.497 e. The van der Waals surface area contributed by atoms with E-state index in [1.807, 2.05) is 13.8 Å². The van der Waals surface area contributed by atoms with Crippen molar-refractivity contribution in [2.75, 3.05) is 26.1 Å². The van der Waals surface area contributed by atoms with Crippen LogP contribution >= 0.6 is 0 Å². The number of hydrogen-bond acceptors (Lipinski definition) is 6. The van der Waals surface area contributed by atoms with E-state index in [1.54, 1.807) is 31.2 Å². The third-order valence-electron chi connectivity index (χ3n) is 4.19. The highest BCUT2D eigenvalue weighted by Gasteiger charge is 2.24. The zero-order valence-electron chi connectivity index (χ0n) is 16.2. The molecule has 1 heterocycles. The summed E-state index contributed by atoms with van der Waals surface area (Å²) in [4.78, 5) is 27.0. The normalized spacial score (nSPS) is 11.6. The van der Waals surface area contributed by atoms with E-state index in [1.165, 1.54) is 19.1 Å². The van der Waals surface area contributed by atoms with Crippen molar-refractivity contribution >= 4 is 17.6 Å². The molecule has 0 aliphatic carbocycles. The van der Waals surface area contributed by atoms with Gasteiger partial charge in [-0.3, -0.25) is 9.59 Å². The molecule has 146 valence electrons. The standard InChI is InChI=1S/C19H25N3O5/c1-6-12(2)22(11-18(23)20-17-7-13(3)27-21-17)19(24)14-8-15(25-4)10-16(9-14)26-5/h7-10,12H,6,11H2,1-5H3,(H,20,21,23). The summed E-state index contributed by atoms with van der Waals surface area (Å²) in [7, 11) is 3.03. The zero-order valence-corrected chi connectivity index (χ0v) is 16.2. The summed E-state index contributed by atoms with van der Waals surface area (Å²) in [5.41, 5.74) is 0.386. The molecule has 1 unspecified atom stereocenters. The summed E-state index contributed by atoms with van der Waals surface area (Å²) in [6, 6.07) is 6.40. The van der Waals surface area contributed by atoms with Gasteiger partial charge in [0, 0.05) is 23.7 Å². The van der Waals surface area contributed by atoms with Crippen molar-refractivity contribution in [3.05, 3.63) is 35.6 Å². The SMILES string of the molecule is CCC(C)N(CC(=O)Nc1cc(C)on1)C(=O)c1cc(OC)cc(OC)c1. The fourth-order valence-electron chi connectivity index (χ4n) is 2.51. The van der Waals surface area contributed by atoms with E-state index in [0.29, 0.717) is 35.1 Å². The first-order valence-corrected chi connectivity index (χ1v) is 8.65. The predicted octanol–water partition coefficient (Wildman–Crippen LogP) is 2.88. The van der Waals surface area contributed by atoms with Crippen molar-refractivity contribution in [2.45, 2.75) is 33.2 Å². The molecule has 0 fully saturated rings. The number of benzene rings is 1. The van der Waals surface area contributed by atoms with Crippen LogP contribution in [-0.2, 0) is 4.79 Å². The minimum atomic E-state index is -0.355. The maximum Gasteiger partial charge on any atom is 0.254 e. The fourth-order valence-corrected chi connectivity index (χ4v) is 2.51. The smallest absolute Gasteiger partial charge is 0.254 e. The summed E-state index contributed by atoms with van der Waals surface area (Å²) < 4.78 is 15.4. The molecule has 1 atom stereocenters. The van der Waals surface area contributed by atoms with Crippen LogP contribution in [0.2, 0.25) is 0 Å². The molecule has 0 spiro atoms. The van der Waals surface area contributed by atoms with Gasteiger partial charge in [-0.2, -0.15) is 0 Å². The van der Waals surface area contributed by atoms with Gasteiger partial charge in [0.25, 0.3) is 5.91 Å². The Bertz CT molecular complexity index is 780. The van der Waals surface area contributed by atoms with Crippen molar-refractivity contribution in [2.24, 2.45) is 0 Å². The lowest BCUT2D eigenvalue weighted by Crippen LogP contribution is -2.43. The molecule has 2 rings (SSSR count). The molecule has 8 nitrogen and oxygen atoms in total. The highest BCUT2D eigenvalue weighted by Crippen LogP contribution is 2.24. The first kappa shape index (κ1) is 20.3. The number of aryl methyl sites for hydroxylation is 1. The number of amides is 2. The van der Waals surface area contributed by atoms with Crippen molar-refractivity contribution in [1.82, 2.24) is 10.1 Å². The highest BCUT2D eigenvalue weighted by atomic mass is 16.5. The van der Waals surface area contributed by atoms with Gasteiger partial charge in [0.1, 0.15) is 23.8 Å². The van der Waals surface area contributed by atoms with Crippen LogP contribution < -0.4 is 14.8 Å². The van der Waals surface area contributed by atoms with E-state index >= 15 is 0 Å². The first-order valence-electron chi connectivity index (χ1n) is 8.65. The van der Waals surface area contributed by atoms with Crippen molar-refractivity contribution in [3.63, 3.8) is 0 Å². The van der Waals surface area contributed by atoms with Crippen LogP contribution in [0.15, 0.2) is 28.8 Å². The second kappa shape index (κ2) is 9.07. The number of carbonyl (C=O) groups excluding carboxylic acids is 2. The Balaban J connectivity index is 2.22. The Morgan fingerprint density at radius 3 is 2.30 bits per heavy atom. The number of carbonyl (C=O) groups is 2. The Kier molecular flexibility index (Phi) is 6.81. The second-order valence-electron chi connectivity index (χ2n) is 6.16. The molecule has 8 heteroatoms. The van der Waals surface area contributed by atoms with E-state index in [4.69, 9.17) is 14.0 Å². The van der Waals surface area contributed by atoms with Crippen LogP contribution in [0, 0.1) is 6.92 Å². The number of nitrogens with one attached hydrogen (secondary N) is 1. The number of anilines is 1. The maximum atomic E-state index is 13.1. The summed E-state index contributed by atoms with van der Waals surface area (Å²) in [6.45, 7) is 5.46. The molecule has 1 N–H and O–H groups in total. The number of hydrogen-bond donors (Lipinski definition) is 1. The first-order chi connectivity index (χ1) is 12.9. The van der Waals surface area contributed by atoms with Crippen LogP contribution in [0.5, 0.6) is 11.5 Å². The third-order valence-corrected chi connectivity index (χ3v) is 4.19. The topological polar surface area (TPSA) is 93.9 Å². The van der Waals surface area contributed by atoms with Gasteiger partial charge in [-0.15, -0.1) is 0 Å². The van der Waals surface area contributed by atoms with Gasteiger partial charge in [-0.25, -0.2) is 0 Å². The minimum absolute atomic E-state index is 0.112. The molecule has 0 radical (unpaired) electrons. The molecule has 2 aromatic rings. The van der Waals surface area contributed by atoms with Crippen LogP contribution in [0.25, 0.3) is 0 Å². The molecular weight excluding hydrogens is 350 g/mol. The van der Waals surface area contributed by atoms with Gasteiger partial charge >= 0.3 is 0 Å². The van der Waals surface area contributed by atoms with E-state index in [0.717, 1.165) is 0 Å². The van der Waals surface area contributed by atoms with Gasteiger partial charge in [0.2, 0.25) is 5.91 Å². The van der Waals surface area contributed by atoms with Crippen LogP contribution in [0.1, 0.15) is 36.4 Å². The Hall–Kier alpha value is -3.03. The number of rotatable bonds is 8. The molecular formula is C19H25N3O5. The van der Waals surface area contributed by atoms with E-state index in [9.17, 15) is 9.59 Å². The van der Waals surface area contributed by atoms with E-state index in [-0.39, 0.29) is 24.4 Å². The van der Waals surface area contributed by atoms with E-state index < -0.39 is 0 Å². The lowest BCUT2D eigenvalue weighted by molar-refractivity contribution is -0.117. The minimum Gasteiger partial charge on any atom is -0.497 e. The molecule has 1 aromatic carbocycles. The Labute approximate surface area is 158 Å². The van der Waals surface area contributed by atoms with Crippen molar-refractivity contribution < 1.29 is 23.6 Å². The summed E-state index contributed by atoms with van der Waals surface area (Å²) in [5, 5.41) is 6.37. The number of ether oxygens (including phenoxy) is 2. The summed E-state index contributed by atoms with van der Waals surface area (Å²) in [5.74, 6) is 1.27. The van der Waals surface area contributed by atoms with Crippen molar-refractivity contribution in [1.29, 1.82) is 0 Å². The zero-order chi connectivity index (χ0) is 20.0. The third kappa shape index (κ3) is 5.22. The lowest BCUT2D eigenvalue weighted by atomic mass is 10.1. The molecule has 0 bridgehead atoms. The summed E-state index contributed by atoms with van der Waals surface area (Å²) >= 11 is 0. The lowest BCUT2D eigenvalue weighted by Gasteiger charge is -2.28. The monoisotopic (exact) mass is 375 g/mol. The summed E-state index contributed by atoms with van der Waals surface area (Å²) in [6.07, 6.45) is 0.698. The second-order valence-corrected chi connectivity index (χ2v) is 6.16. The molecule has 1 aromatic heterocycles. The van der Waals surface area contributed by atoms with Gasteiger partial charge < -0.3 is 24.2 Å². The fraction of sp³-hybridized carbons (Fsp3) is 0.421. The quantitative estimate of drug-likeness (QED) is 0.762. The maximum absolute atomic E-state index is 13.1. The van der Waals surface area contributed by atoms with Gasteiger partial charge in [0.15, 0.2) is 5.82 Å². The predicted molar refractivity (Wildman–Crippen MR) is 100 cm³/mol. The number of methoxy groups -OCH3 is 2. The molecule has 27 heavy (non-hydrogen) atoms. The molecule has 0 aliphatic heterocycles. The molecule has 0 saturated heterocycles. The van der Waals surface area contributed by atoms with E-state index in [2.05, 4.69) is 10.5 Å². The molecule has 2 amide bonds. The van der Waals surface area contributed by atoms with Crippen LogP contribution in [-0.4, -0.2) is 48.7 Å². The number of aromatic nitrogens is 1. The van der Waals surface area contributed by atoms with Gasteiger partial charge in [-0.1, -0.05) is 12.1 Å². The molecule has 0 saturated carbocycles. The van der Waals surface area contributed by atoms with Crippen molar-refractivity contribution in [3.8, 4) is 11.5 Å². The average Bonchev–Trinajstić information content (AvgIpc) is 3.08. The van der Waals surface area contributed by atoms with Crippen LogP contribution in [0.3, 0.4) is 0 Å². The van der Waals surface area contributed by atoms with Crippen LogP contribution in [0.4, 0.5) is 5.82 Å². The highest BCUT2D eigenvalue weighted by molar-refractivity contribution is 5.99. The van der Waals surface area contributed by atoms with Gasteiger partial charge in [0.05, 0.1) is 14.2 Å². The Morgan fingerprint density at radius 1 is 1.19 bits per heavy atom. The molecule has 0 aliphatic rings.